The van der Waals surface area contributed by atoms with E-state index in [-0.39, 0.29) is 11.5 Å². The molecule has 0 bridgehead atoms. The molecule has 1 rings (SSSR count). The number of aromatic nitrogens is 1. The number of aryl methyl sites for hydroxylation is 1. The standard InChI is InChI=1S/C14H26N2OS/c1-6-8-10-11(9-15)18-13(16-10)12(17-7-2)14(3,4)5/h12H,6-9,15H2,1-5H3. The van der Waals surface area contributed by atoms with E-state index in [1.165, 1.54) is 4.88 Å². The van der Waals surface area contributed by atoms with Crippen LogP contribution in [0.4, 0.5) is 0 Å². The lowest BCUT2D eigenvalue weighted by atomic mass is 9.89. The summed E-state index contributed by atoms with van der Waals surface area (Å²) >= 11 is 1.71. The van der Waals surface area contributed by atoms with E-state index in [1.807, 2.05) is 6.92 Å². The van der Waals surface area contributed by atoms with Crippen LogP contribution in [0.2, 0.25) is 0 Å². The minimum atomic E-state index is 0.0587. The molecule has 0 amide bonds. The Morgan fingerprint density at radius 3 is 2.44 bits per heavy atom. The molecule has 0 aliphatic rings. The van der Waals surface area contributed by atoms with Crippen LogP contribution in [-0.2, 0) is 17.7 Å². The zero-order valence-electron chi connectivity index (χ0n) is 12.2. The molecule has 18 heavy (non-hydrogen) atoms. The van der Waals surface area contributed by atoms with Gasteiger partial charge in [0.2, 0.25) is 0 Å². The van der Waals surface area contributed by atoms with E-state index in [0.717, 1.165) is 23.5 Å². The van der Waals surface area contributed by atoms with Crippen molar-refractivity contribution in [3.63, 3.8) is 0 Å². The highest BCUT2D eigenvalue weighted by atomic mass is 32.1. The van der Waals surface area contributed by atoms with Gasteiger partial charge >= 0.3 is 0 Å². The summed E-state index contributed by atoms with van der Waals surface area (Å²) in [5.74, 6) is 0. The fourth-order valence-electron chi connectivity index (χ4n) is 1.97. The minimum Gasteiger partial charge on any atom is -0.371 e. The Labute approximate surface area is 115 Å². The topological polar surface area (TPSA) is 48.1 Å². The van der Waals surface area contributed by atoms with Gasteiger partial charge in [0.25, 0.3) is 0 Å². The Morgan fingerprint density at radius 1 is 1.33 bits per heavy atom. The van der Waals surface area contributed by atoms with Gasteiger partial charge in [0.05, 0.1) is 5.69 Å². The number of thiazole rings is 1. The second kappa shape index (κ2) is 6.64. The predicted molar refractivity (Wildman–Crippen MR) is 77.8 cm³/mol. The Balaban J connectivity index is 3.05. The van der Waals surface area contributed by atoms with E-state index in [1.54, 1.807) is 11.3 Å². The van der Waals surface area contributed by atoms with Crippen LogP contribution in [0.5, 0.6) is 0 Å². The van der Waals surface area contributed by atoms with Crippen LogP contribution in [0, 0.1) is 5.41 Å². The molecule has 0 spiro atoms. The van der Waals surface area contributed by atoms with Crippen LogP contribution in [0.25, 0.3) is 0 Å². The van der Waals surface area contributed by atoms with Gasteiger partial charge in [-0.2, -0.15) is 0 Å². The molecule has 0 saturated heterocycles. The van der Waals surface area contributed by atoms with Crippen molar-refractivity contribution >= 4 is 11.3 Å². The van der Waals surface area contributed by atoms with Crippen molar-refractivity contribution in [1.29, 1.82) is 0 Å². The van der Waals surface area contributed by atoms with E-state index in [4.69, 9.17) is 15.5 Å². The van der Waals surface area contributed by atoms with Crippen molar-refractivity contribution < 1.29 is 4.74 Å². The number of nitrogens with zero attached hydrogens (tertiary/aromatic N) is 1. The first-order chi connectivity index (χ1) is 8.43. The second-order valence-electron chi connectivity index (χ2n) is 5.58. The molecule has 1 aromatic heterocycles. The maximum Gasteiger partial charge on any atom is 0.123 e. The molecular formula is C14H26N2OS. The first kappa shape index (κ1) is 15.6. The number of ether oxygens (including phenoxy) is 1. The van der Waals surface area contributed by atoms with Crippen molar-refractivity contribution in [2.75, 3.05) is 6.61 Å². The zero-order valence-corrected chi connectivity index (χ0v) is 13.1. The van der Waals surface area contributed by atoms with E-state index in [9.17, 15) is 0 Å². The van der Waals surface area contributed by atoms with E-state index < -0.39 is 0 Å². The van der Waals surface area contributed by atoms with E-state index in [0.29, 0.717) is 13.2 Å². The van der Waals surface area contributed by atoms with Gasteiger partial charge in [-0.3, -0.25) is 0 Å². The second-order valence-corrected chi connectivity index (χ2v) is 6.69. The summed E-state index contributed by atoms with van der Waals surface area (Å²) in [4.78, 5) is 5.98. The lowest BCUT2D eigenvalue weighted by Gasteiger charge is -2.28. The van der Waals surface area contributed by atoms with Crippen molar-refractivity contribution in [2.24, 2.45) is 11.1 Å². The van der Waals surface area contributed by atoms with Gasteiger partial charge in [-0.15, -0.1) is 11.3 Å². The fourth-order valence-corrected chi connectivity index (χ4v) is 3.25. The Bertz CT molecular complexity index is 368. The molecule has 3 nitrogen and oxygen atoms in total. The highest BCUT2D eigenvalue weighted by Crippen LogP contribution is 2.38. The predicted octanol–water partition coefficient (Wildman–Crippen LogP) is 3.68. The van der Waals surface area contributed by atoms with Crippen molar-refractivity contribution in [3.8, 4) is 0 Å². The molecule has 1 atom stereocenters. The van der Waals surface area contributed by atoms with E-state index in [2.05, 4.69) is 27.7 Å². The number of nitrogens with two attached hydrogens (primary N) is 1. The molecule has 1 unspecified atom stereocenters. The largest absolute Gasteiger partial charge is 0.371 e. The maximum atomic E-state index is 5.89. The summed E-state index contributed by atoms with van der Waals surface area (Å²) in [5, 5.41) is 1.08. The van der Waals surface area contributed by atoms with Gasteiger partial charge in [-0.05, 0) is 18.8 Å². The summed E-state index contributed by atoms with van der Waals surface area (Å²) in [6.07, 6.45) is 2.17. The molecule has 2 N–H and O–H groups in total. The molecule has 1 aromatic rings. The average Bonchev–Trinajstić information content (AvgIpc) is 2.67. The third-order valence-corrected chi connectivity index (χ3v) is 3.97. The van der Waals surface area contributed by atoms with Crippen LogP contribution < -0.4 is 5.73 Å². The smallest absolute Gasteiger partial charge is 0.123 e. The van der Waals surface area contributed by atoms with Crippen molar-refractivity contribution in [1.82, 2.24) is 4.98 Å². The summed E-state index contributed by atoms with van der Waals surface area (Å²) < 4.78 is 5.89. The molecule has 0 aliphatic carbocycles. The molecule has 0 aliphatic heterocycles. The van der Waals surface area contributed by atoms with Crippen molar-refractivity contribution in [3.05, 3.63) is 15.6 Å². The molecule has 4 heteroatoms. The first-order valence-electron chi connectivity index (χ1n) is 6.74. The highest BCUT2D eigenvalue weighted by Gasteiger charge is 2.30. The first-order valence-corrected chi connectivity index (χ1v) is 7.55. The van der Waals surface area contributed by atoms with Crippen LogP contribution in [0.3, 0.4) is 0 Å². The summed E-state index contributed by atoms with van der Waals surface area (Å²) in [6.45, 7) is 12.1. The highest BCUT2D eigenvalue weighted by molar-refractivity contribution is 7.11. The van der Waals surface area contributed by atoms with Crippen molar-refractivity contribution in [2.45, 2.75) is 60.1 Å². The summed E-state index contributed by atoms with van der Waals surface area (Å²) in [5.41, 5.74) is 7.03. The molecule has 0 fully saturated rings. The SMILES string of the molecule is CCCc1nc(C(OCC)C(C)(C)C)sc1CN. The van der Waals surface area contributed by atoms with Crippen LogP contribution >= 0.6 is 11.3 Å². The van der Waals surface area contributed by atoms with Gasteiger partial charge < -0.3 is 10.5 Å². The molecule has 0 radical (unpaired) electrons. The molecular weight excluding hydrogens is 244 g/mol. The van der Waals surface area contributed by atoms with Crippen LogP contribution in [0.1, 0.15) is 62.7 Å². The molecule has 104 valence electrons. The Hall–Kier alpha value is -0.450. The monoisotopic (exact) mass is 270 g/mol. The number of rotatable bonds is 6. The van der Waals surface area contributed by atoms with Crippen LogP contribution in [0.15, 0.2) is 0 Å². The third kappa shape index (κ3) is 3.77. The lowest BCUT2D eigenvalue weighted by Crippen LogP contribution is -2.21. The number of hydrogen-bond donors (Lipinski definition) is 1. The zero-order chi connectivity index (χ0) is 13.8. The number of hydrogen-bond acceptors (Lipinski definition) is 4. The van der Waals surface area contributed by atoms with Gasteiger partial charge in [0.1, 0.15) is 11.1 Å². The Morgan fingerprint density at radius 2 is 2.00 bits per heavy atom. The Kier molecular flexibility index (Phi) is 5.76. The summed E-state index contributed by atoms with van der Waals surface area (Å²) in [6, 6.07) is 0. The lowest BCUT2D eigenvalue weighted by molar-refractivity contribution is -0.0134. The van der Waals surface area contributed by atoms with Gasteiger partial charge in [0, 0.05) is 18.0 Å². The normalized spacial score (nSPS) is 13.9. The van der Waals surface area contributed by atoms with Crippen LogP contribution in [-0.4, -0.2) is 11.6 Å². The quantitative estimate of drug-likeness (QED) is 0.858. The minimum absolute atomic E-state index is 0.0587. The fraction of sp³-hybridized carbons (Fsp3) is 0.786. The average molecular weight is 270 g/mol. The molecule has 1 heterocycles. The molecule has 0 aromatic carbocycles. The maximum absolute atomic E-state index is 5.89. The van der Waals surface area contributed by atoms with Gasteiger partial charge in [0.15, 0.2) is 0 Å². The third-order valence-electron chi connectivity index (χ3n) is 2.81. The van der Waals surface area contributed by atoms with Gasteiger partial charge in [-0.25, -0.2) is 4.98 Å². The molecule has 0 saturated carbocycles. The summed E-state index contributed by atoms with van der Waals surface area (Å²) in [7, 11) is 0. The van der Waals surface area contributed by atoms with Gasteiger partial charge in [-0.1, -0.05) is 34.1 Å². The van der Waals surface area contributed by atoms with E-state index >= 15 is 0 Å².